The quantitative estimate of drug-likeness (QED) is 0.659. The highest BCUT2D eigenvalue weighted by atomic mass is 16.7. The van der Waals surface area contributed by atoms with Crippen LogP contribution in [0.1, 0.15) is 36.5 Å². The molecule has 2 aliphatic rings. The summed E-state index contributed by atoms with van der Waals surface area (Å²) in [6.07, 6.45) is 2.97. The maximum atomic E-state index is 12.4. The molecule has 1 fully saturated rings. The van der Waals surface area contributed by atoms with Crippen molar-refractivity contribution < 1.29 is 23.7 Å². The van der Waals surface area contributed by atoms with Gasteiger partial charge in [-0.1, -0.05) is 6.92 Å². The van der Waals surface area contributed by atoms with Crippen molar-refractivity contribution in [1.29, 1.82) is 0 Å². The second kappa shape index (κ2) is 8.01. The lowest BCUT2D eigenvalue weighted by atomic mass is 10.2. The van der Waals surface area contributed by atoms with Crippen LogP contribution in [0.25, 0.3) is 0 Å². The van der Waals surface area contributed by atoms with E-state index in [0.717, 1.165) is 25.9 Å². The maximum absolute atomic E-state index is 12.4. The van der Waals surface area contributed by atoms with Gasteiger partial charge in [-0.15, -0.1) is 0 Å². The number of benzene rings is 1. The number of fused-ring (bicyclic) bond motifs is 1. The molecule has 1 atom stereocenters. The topological polar surface area (TPSA) is 78.4 Å². The number of hydrogen-bond acceptors (Lipinski definition) is 6. The summed E-state index contributed by atoms with van der Waals surface area (Å²) >= 11 is 0. The van der Waals surface area contributed by atoms with Crippen LogP contribution < -0.4 is 14.8 Å². The van der Waals surface area contributed by atoms with Gasteiger partial charge in [0.1, 0.15) is 0 Å². The summed E-state index contributed by atoms with van der Waals surface area (Å²) in [5, 5.41) is 2.72. The smallest absolute Gasteiger partial charge is 0.291 e. The maximum Gasteiger partial charge on any atom is 0.291 e. The van der Waals surface area contributed by atoms with Gasteiger partial charge in [-0.2, -0.15) is 0 Å². The lowest BCUT2D eigenvalue weighted by Gasteiger charge is -2.12. The molecule has 7 heteroatoms. The molecule has 24 heavy (non-hydrogen) atoms. The first-order valence-corrected chi connectivity index (χ1v) is 8.26. The van der Waals surface area contributed by atoms with E-state index in [1.165, 1.54) is 0 Å². The molecule has 1 aromatic rings. The SMILES string of the molecule is CCCOC(=NC[C@H]1CCCO1)NC(=O)c1ccc2c(c1)OCO2. The Kier molecular flexibility index (Phi) is 5.53. The highest BCUT2D eigenvalue weighted by Gasteiger charge is 2.19. The average Bonchev–Trinajstić information content (AvgIpc) is 3.27. The summed E-state index contributed by atoms with van der Waals surface area (Å²) in [5.74, 6) is 0.909. The Morgan fingerprint density at radius 1 is 1.38 bits per heavy atom. The largest absolute Gasteiger partial charge is 0.465 e. The molecule has 0 bridgehead atoms. The molecule has 1 saturated heterocycles. The minimum Gasteiger partial charge on any atom is -0.465 e. The molecule has 3 rings (SSSR count). The van der Waals surface area contributed by atoms with E-state index in [9.17, 15) is 4.79 Å². The van der Waals surface area contributed by atoms with Crippen molar-refractivity contribution in [3.8, 4) is 11.5 Å². The zero-order chi connectivity index (χ0) is 16.8. The van der Waals surface area contributed by atoms with Gasteiger partial charge < -0.3 is 18.9 Å². The van der Waals surface area contributed by atoms with Crippen LogP contribution >= 0.6 is 0 Å². The molecule has 0 saturated carbocycles. The fraction of sp³-hybridized carbons (Fsp3) is 0.529. The molecular formula is C17H22N2O5. The van der Waals surface area contributed by atoms with E-state index in [2.05, 4.69) is 10.3 Å². The fourth-order valence-corrected chi connectivity index (χ4v) is 2.50. The lowest BCUT2D eigenvalue weighted by molar-refractivity contribution is 0.0962. The molecule has 1 N–H and O–H groups in total. The van der Waals surface area contributed by atoms with Crippen LogP contribution in [0, 0.1) is 0 Å². The third-order valence-corrected chi connectivity index (χ3v) is 3.76. The van der Waals surface area contributed by atoms with Crippen LogP contribution in [0.2, 0.25) is 0 Å². The first kappa shape index (κ1) is 16.6. The van der Waals surface area contributed by atoms with Crippen molar-refractivity contribution in [2.75, 3.05) is 26.6 Å². The van der Waals surface area contributed by atoms with Crippen molar-refractivity contribution in [2.24, 2.45) is 4.99 Å². The summed E-state index contributed by atoms with van der Waals surface area (Å²) in [5.41, 5.74) is 0.462. The molecule has 0 unspecified atom stereocenters. The molecule has 1 amide bonds. The number of nitrogens with zero attached hydrogens (tertiary/aromatic N) is 1. The Morgan fingerprint density at radius 2 is 2.25 bits per heavy atom. The molecule has 0 spiro atoms. The Bertz CT molecular complexity index is 611. The second-order valence-corrected chi connectivity index (χ2v) is 5.65. The van der Waals surface area contributed by atoms with Gasteiger partial charge >= 0.3 is 0 Å². The third-order valence-electron chi connectivity index (χ3n) is 3.76. The normalized spacial score (nSPS) is 19.4. The number of ether oxygens (including phenoxy) is 4. The van der Waals surface area contributed by atoms with Gasteiger partial charge in [0.15, 0.2) is 11.5 Å². The predicted molar refractivity (Wildman–Crippen MR) is 87.6 cm³/mol. The highest BCUT2D eigenvalue weighted by Crippen LogP contribution is 2.32. The number of aliphatic imine (C=N–C) groups is 1. The van der Waals surface area contributed by atoms with Crippen LogP contribution in [0.4, 0.5) is 0 Å². The number of amidine groups is 1. The Balaban J connectivity index is 1.64. The van der Waals surface area contributed by atoms with Gasteiger partial charge in [0.2, 0.25) is 6.79 Å². The minimum atomic E-state index is -0.296. The van der Waals surface area contributed by atoms with E-state index in [-0.39, 0.29) is 24.8 Å². The number of hydrogen-bond donors (Lipinski definition) is 1. The van der Waals surface area contributed by atoms with Crippen LogP contribution in [0.15, 0.2) is 23.2 Å². The van der Waals surface area contributed by atoms with Gasteiger partial charge in [0.25, 0.3) is 11.9 Å². The summed E-state index contributed by atoms with van der Waals surface area (Å²) in [7, 11) is 0. The van der Waals surface area contributed by atoms with Crippen molar-refractivity contribution in [3.05, 3.63) is 23.8 Å². The first-order chi connectivity index (χ1) is 11.8. The third kappa shape index (κ3) is 4.17. The molecular weight excluding hydrogens is 312 g/mol. The molecule has 0 aliphatic carbocycles. The summed E-state index contributed by atoms with van der Waals surface area (Å²) in [6, 6.07) is 5.28. The second-order valence-electron chi connectivity index (χ2n) is 5.65. The van der Waals surface area contributed by atoms with Crippen molar-refractivity contribution in [1.82, 2.24) is 5.32 Å². The summed E-state index contributed by atoms with van der Waals surface area (Å²) < 4.78 is 21.6. The summed E-state index contributed by atoms with van der Waals surface area (Å²) in [4.78, 5) is 16.8. The minimum absolute atomic E-state index is 0.104. The Hall–Kier alpha value is -2.28. The van der Waals surface area contributed by atoms with Gasteiger partial charge in [-0.05, 0) is 37.5 Å². The van der Waals surface area contributed by atoms with E-state index < -0.39 is 0 Å². The standard InChI is InChI=1S/C17H22N2O5/c1-2-7-22-17(18-10-13-4-3-8-21-13)19-16(20)12-5-6-14-15(9-12)24-11-23-14/h5-6,9,13H,2-4,7-8,10-11H2,1H3,(H,18,19,20)/t13-/m1/s1. The summed E-state index contributed by atoms with van der Waals surface area (Å²) in [6.45, 7) is 3.92. The molecule has 0 radical (unpaired) electrons. The molecule has 7 nitrogen and oxygen atoms in total. The molecule has 0 aromatic heterocycles. The molecule has 1 aromatic carbocycles. The monoisotopic (exact) mass is 334 g/mol. The lowest BCUT2D eigenvalue weighted by Crippen LogP contribution is -2.33. The Morgan fingerprint density at radius 3 is 3.04 bits per heavy atom. The number of rotatable bonds is 5. The fourth-order valence-electron chi connectivity index (χ4n) is 2.50. The average molecular weight is 334 g/mol. The van der Waals surface area contributed by atoms with Crippen LogP contribution in [0.5, 0.6) is 11.5 Å². The van der Waals surface area contributed by atoms with E-state index in [4.69, 9.17) is 18.9 Å². The number of carbonyl (C=O) groups is 1. The zero-order valence-electron chi connectivity index (χ0n) is 13.7. The first-order valence-electron chi connectivity index (χ1n) is 8.26. The van der Waals surface area contributed by atoms with E-state index >= 15 is 0 Å². The van der Waals surface area contributed by atoms with E-state index in [1.807, 2.05) is 6.92 Å². The van der Waals surface area contributed by atoms with Crippen LogP contribution in [-0.2, 0) is 9.47 Å². The predicted octanol–water partition coefficient (Wildman–Crippen LogP) is 2.11. The van der Waals surface area contributed by atoms with Gasteiger partial charge in [-0.25, -0.2) is 4.99 Å². The number of nitrogens with one attached hydrogen (secondary N) is 1. The van der Waals surface area contributed by atoms with E-state index in [0.29, 0.717) is 30.2 Å². The Labute approximate surface area is 140 Å². The van der Waals surface area contributed by atoms with Gasteiger partial charge in [0, 0.05) is 12.2 Å². The number of amides is 1. The van der Waals surface area contributed by atoms with E-state index in [1.54, 1.807) is 18.2 Å². The molecule has 130 valence electrons. The highest BCUT2D eigenvalue weighted by molar-refractivity contribution is 6.04. The van der Waals surface area contributed by atoms with Gasteiger partial charge in [-0.3, -0.25) is 10.1 Å². The van der Waals surface area contributed by atoms with Crippen LogP contribution in [0.3, 0.4) is 0 Å². The number of carbonyl (C=O) groups excluding carboxylic acids is 1. The molecule has 2 aliphatic heterocycles. The zero-order valence-corrected chi connectivity index (χ0v) is 13.7. The molecule has 2 heterocycles. The van der Waals surface area contributed by atoms with Gasteiger partial charge in [0.05, 0.1) is 19.3 Å². The van der Waals surface area contributed by atoms with Crippen molar-refractivity contribution in [3.63, 3.8) is 0 Å². The van der Waals surface area contributed by atoms with Crippen molar-refractivity contribution >= 4 is 11.9 Å². The van der Waals surface area contributed by atoms with Crippen LogP contribution in [-0.4, -0.2) is 44.6 Å². The van der Waals surface area contributed by atoms with Crippen molar-refractivity contribution in [2.45, 2.75) is 32.3 Å².